The van der Waals surface area contributed by atoms with Gasteiger partial charge in [-0.25, -0.2) is 9.59 Å². The van der Waals surface area contributed by atoms with E-state index in [4.69, 9.17) is 14.6 Å². The van der Waals surface area contributed by atoms with E-state index in [-0.39, 0.29) is 32.0 Å². The minimum Gasteiger partial charge on any atom is -0.490 e. The number of piperidine rings is 1. The summed E-state index contributed by atoms with van der Waals surface area (Å²) in [5, 5.41) is 20.1. The molecule has 1 amide bonds. The minimum absolute atomic E-state index is 0.161. The fourth-order valence-corrected chi connectivity index (χ4v) is 2.87. The van der Waals surface area contributed by atoms with Crippen LogP contribution >= 0.6 is 0 Å². The molecule has 1 aromatic rings. The van der Waals surface area contributed by atoms with Crippen LogP contribution in [0.15, 0.2) is 12.1 Å². The van der Waals surface area contributed by atoms with Crippen LogP contribution in [0.25, 0.3) is 0 Å². The van der Waals surface area contributed by atoms with Crippen LogP contribution in [-0.4, -0.2) is 51.8 Å². The maximum absolute atomic E-state index is 13.4. The number of halogens is 3. The number of nitro benzene ring substituents is 1. The number of carboxylic acids is 1. The van der Waals surface area contributed by atoms with Crippen molar-refractivity contribution in [3.63, 3.8) is 0 Å². The fraction of sp³-hybridized carbons (Fsp3) is 0.556. The molecule has 1 heterocycles. The third kappa shape index (κ3) is 5.74. The molecular formula is C18H21F3N2O7. The summed E-state index contributed by atoms with van der Waals surface area (Å²) in [6, 6.07) is 0.679. The Kier molecular flexibility index (Phi) is 6.48. The number of hydrogen-bond donors (Lipinski definition) is 1. The Morgan fingerprint density at radius 1 is 1.20 bits per heavy atom. The highest BCUT2D eigenvalue weighted by Crippen LogP contribution is 2.41. The monoisotopic (exact) mass is 434 g/mol. The van der Waals surface area contributed by atoms with Gasteiger partial charge in [0.25, 0.3) is 5.69 Å². The molecule has 30 heavy (non-hydrogen) atoms. The molecule has 0 atom stereocenters. The van der Waals surface area contributed by atoms with Gasteiger partial charge in [0.05, 0.1) is 4.92 Å². The van der Waals surface area contributed by atoms with Crippen LogP contribution < -0.4 is 4.74 Å². The van der Waals surface area contributed by atoms with E-state index in [0.717, 1.165) is 0 Å². The van der Waals surface area contributed by atoms with E-state index in [0.29, 0.717) is 6.07 Å². The Hall–Kier alpha value is -3.05. The first-order valence-corrected chi connectivity index (χ1v) is 8.96. The first-order chi connectivity index (χ1) is 13.7. The van der Waals surface area contributed by atoms with Gasteiger partial charge in [0, 0.05) is 38.1 Å². The molecule has 0 unspecified atom stereocenters. The van der Waals surface area contributed by atoms with Gasteiger partial charge in [-0.1, -0.05) is 0 Å². The molecule has 0 saturated carbocycles. The molecule has 166 valence electrons. The first-order valence-electron chi connectivity index (χ1n) is 8.96. The van der Waals surface area contributed by atoms with Crippen LogP contribution in [0.2, 0.25) is 0 Å². The molecule has 12 heteroatoms. The molecule has 0 radical (unpaired) electrons. The Labute approximate surface area is 169 Å². The molecule has 1 saturated heterocycles. The molecule has 0 spiro atoms. The zero-order valence-electron chi connectivity index (χ0n) is 16.5. The van der Waals surface area contributed by atoms with Crippen LogP contribution in [-0.2, 0) is 10.9 Å². The number of amides is 1. The van der Waals surface area contributed by atoms with E-state index in [9.17, 15) is 32.9 Å². The third-order valence-corrected chi connectivity index (χ3v) is 4.22. The molecule has 1 N–H and O–H groups in total. The molecule has 0 aromatic heterocycles. The summed E-state index contributed by atoms with van der Waals surface area (Å²) in [5.41, 5.74) is -4.22. The van der Waals surface area contributed by atoms with Gasteiger partial charge < -0.3 is 19.5 Å². The number of carbonyl (C=O) groups excluding carboxylic acids is 1. The highest BCUT2D eigenvalue weighted by atomic mass is 19.4. The van der Waals surface area contributed by atoms with Crippen LogP contribution in [0.5, 0.6) is 5.75 Å². The lowest BCUT2D eigenvalue weighted by Gasteiger charge is -2.33. The molecule has 2 rings (SSSR count). The average Bonchev–Trinajstić information content (AvgIpc) is 2.59. The Balaban J connectivity index is 2.22. The van der Waals surface area contributed by atoms with E-state index >= 15 is 0 Å². The van der Waals surface area contributed by atoms with Crippen molar-refractivity contribution in [1.29, 1.82) is 0 Å². The van der Waals surface area contributed by atoms with E-state index in [1.807, 2.05) is 0 Å². The molecule has 1 aromatic carbocycles. The van der Waals surface area contributed by atoms with Gasteiger partial charge >= 0.3 is 18.2 Å². The van der Waals surface area contributed by atoms with Crippen molar-refractivity contribution in [2.75, 3.05) is 13.1 Å². The number of carboxylic acid groups (broad SMARTS) is 1. The summed E-state index contributed by atoms with van der Waals surface area (Å²) < 4.78 is 50.8. The predicted molar refractivity (Wildman–Crippen MR) is 96.5 cm³/mol. The summed E-state index contributed by atoms with van der Waals surface area (Å²) in [7, 11) is 0. The SMILES string of the molecule is CC(C)(C)OC(=O)N1CCC(Oc2cc(C(=O)O)c([N+](=O)[O-])cc2C(F)(F)F)CC1. The number of hydrogen-bond acceptors (Lipinski definition) is 6. The quantitative estimate of drug-likeness (QED) is 0.560. The lowest BCUT2D eigenvalue weighted by atomic mass is 10.1. The molecule has 0 aliphatic carbocycles. The highest BCUT2D eigenvalue weighted by molar-refractivity contribution is 5.93. The minimum atomic E-state index is -4.99. The van der Waals surface area contributed by atoms with Crippen molar-refractivity contribution in [1.82, 2.24) is 4.90 Å². The summed E-state index contributed by atoms with van der Waals surface area (Å²) in [4.78, 5) is 34.5. The number of rotatable bonds is 4. The van der Waals surface area contributed by atoms with Crippen LogP contribution in [0, 0.1) is 10.1 Å². The van der Waals surface area contributed by atoms with Crippen molar-refractivity contribution in [2.45, 2.75) is 51.5 Å². The largest absolute Gasteiger partial charge is 0.490 e. The number of nitrogens with zero attached hydrogens (tertiary/aromatic N) is 2. The maximum Gasteiger partial charge on any atom is 0.420 e. The molecule has 1 fully saturated rings. The van der Waals surface area contributed by atoms with Crippen LogP contribution in [0.1, 0.15) is 49.5 Å². The number of likely N-dealkylation sites (tertiary alicyclic amines) is 1. The van der Waals surface area contributed by atoms with Gasteiger partial charge in [-0.15, -0.1) is 0 Å². The lowest BCUT2D eigenvalue weighted by Crippen LogP contribution is -2.44. The van der Waals surface area contributed by atoms with Crippen LogP contribution in [0.3, 0.4) is 0 Å². The van der Waals surface area contributed by atoms with E-state index in [1.165, 1.54) is 4.90 Å². The number of alkyl halides is 3. The predicted octanol–water partition coefficient (Wildman–Crippen LogP) is 4.09. The Bertz CT molecular complexity index is 841. The summed E-state index contributed by atoms with van der Waals surface area (Å²) in [6.07, 6.45) is -5.94. The van der Waals surface area contributed by atoms with Gasteiger partial charge in [-0.2, -0.15) is 13.2 Å². The van der Waals surface area contributed by atoms with Crippen molar-refractivity contribution < 1.29 is 42.3 Å². The van der Waals surface area contributed by atoms with Crippen molar-refractivity contribution in [3.05, 3.63) is 33.4 Å². The summed E-state index contributed by atoms with van der Waals surface area (Å²) in [5.74, 6) is -2.55. The van der Waals surface area contributed by atoms with Crippen molar-refractivity contribution in [3.8, 4) is 5.75 Å². The molecule has 1 aliphatic heterocycles. The number of aromatic carboxylic acids is 1. The van der Waals surface area contributed by atoms with Gasteiger partial charge in [-0.05, 0) is 20.8 Å². The second kappa shape index (κ2) is 8.36. The maximum atomic E-state index is 13.4. The molecule has 9 nitrogen and oxygen atoms in total. The lowest BCUT2D eigenvalue weighted by molar-refractivity contribution is -0.385. The fourth-order valence-electron chi connectivity index (χ4n) is 2.87. The second-order valence-corrected chi connectivity index (χ2v) is 7.71. The zero-order chi connectivity index (χ0) is 22.9. The van der Waals surface area contributed by atoms with Crippen molar-refractivity contribution in [2.24, 2.45) is 0 Å². The normalized spacial score (nSPS) is 15.6. The first kappa shape index (κ1) is 23.2. The Morgan fingerprint density at radius 3 is 2.20 bits per heavy atom. The standard InChI is InChI=1S/C18H21F3N2O7/c1-17(2,3)30-16(26)22-6-4-10(5-7-22)29-14-8-11(15(24)25)13(23(27)28)9-12(14)18(19,20)21/h8-10H,4-7H2,1-3H3,(H,24,25). The number of ether oxygens (including phenoxy) is 2. The van der Waals surface area contributed by atoms with E-state index < -0.39 is 57.4 Å². The molecule has 0 bridgehead atoms. The van der Waals surface area contributed by atoms with E-state index in [2.05, 4.69) is 0 Å². The number of benzene rings is 1. The average molecular weight is 434 g/mol. The highest BCUT2D eigenvalue weighted by Gasteiger charge is 2.39. The molecular weight excluding hydrogens is 413 g/mol. The topological polar surface area (TPSA) is 119 Å². The third-order valence-electron chi connectivity index (χ3n) is 4.22. The van der Waals surface area contributed by atoms with E-state index in [1.54, 1.807) is 20.8 Å². The summed E-state index contributed by atoms with van der Waals surface area (Å²) in [6.45, 7) is 5.44. The smallest absolute Gasteiger partial charge is 0.420 e. The van der Waals surface area contributed by atoms with Crippen molar-refractivity contribution >= 4 is 17.7 Å². The molecule has 1 aliphatic rings. The second-order valence-electron chi connectivity index (χ2n) is 7.71. The van der Waals surface area contributed by atoms with Gasteiger partial charge in [0.2, 0.25) is 0 Å². The Morgan fingerprint density at radius 2 is 1.77 bits per heavy atom. The zero-order valence-corrected chi connectivity index (χ0v) is 16.5. The van der Waals surface area contributed by atoms with Crippen LogP contribution in [0.4, 0.5) is 23.7 Å². The van der Waals surface area contributed by atoms with Gasteiger partial charge in [-0.3, -0.25) is 10.1 Å². The number of nitro groups is 1. The number of carbonyl (C=O) groups is 2. The van der Waals surface area contributed by atoms with Gasteiger partial charge in [0.1, 0.15) is 28.6 Å². The summed E-state index contributed by atoms with van der Waals surface area (Å²) >= 11 is 0. The van der Waals surface area contributed by atoms with Gasteiger partial charge in [0.15, 0.2) is 0 Å².